The maximum Gasteiger partial charge on any atom is 0.166 e. The summed E-state index contributed by atoms with van der Waals surface area (Å²) in [5, 5.41) is 0. The number of hydrogen-bond donors (Lipinski definition) is 1. The Morgan fingerprint density at radius 2 is 1.88 bits per heavy atom. The molecule has 1 aliphatic rings. The molecule has 2 rings (SSSR count). The molecule has 17 heavy (non-hydrogen) atoms. The number of H-pyrrole nitrogens is 1. The molecule has 92 valence electrons. The molecule has 0 amide bonds. The predicted octanol–water partition coefficient (Wildman–Crippen LogP) is 1.76. The van der Waals surface area contributed by atoms with Gasteiger partial charge in [-0.25, -0.2) is 0 Å². The monoisotopic (exact) mass is 234 g/mol. The number of piperidine rings is 1. The van der Waals surface area contributed by atoms with Crippen LogP contribution >= 0.6 is 0 Å². The summed E-state index contributed by atoms with van der Waals surface area (Å²) in [6.45, 7) is 3.90. The zero-order valence-corrected chi connectivity index (χ0v) is 10.3. The number of aromatic amines is 1. The summed E-state index contributed by atoms with van der Waals surface area (Å²) >= 11 is 0. The molecule has 0 bridgehead atoms. The third-order valence-electron chi connectivity index (χ3n) is 3.73. The van der Waals surface area contributed by atoms with Crippen LogP contribution in [-0.4, -0.2) is 42.6 Å². The second-order valence-corrected chi connectivity index (χ2v) is 4.80. The molecular formula is C13H18N2O2. The van der Waals surface area contributed by atoms with Crippen molar-refractivity contribution in [2.75, 3.05) is 20.1 Å². The van der Waals surface area contributed by atoms with Crippen LogP contribution in [0.5, 0.6) is 0 Å². The largest absolute Gasteiger partial charge is 0.355 e. The lowest BCUT2D eigenvalue weighted by Crippen LogP contribution is -2.29. The van der Waals surface area contributed by atoms with Gasteiger partial charge >= 0.3 is 0 Å². The SMILES string of the molecule is Cc1c(C=O)[nH]c(C2CCN(C)CC2)c1C=O. The van der Waals surface area contributed by atoms with Crippen LogP contribution in [0.3, 0.4) is 0 Å². The number of aromatic nitrogens is 1. The molecule has 4 nitrogen and oxygen atoms in total. The van der Waals surface area contributed by atoms with E-state index in [1.54, 1.807) is 0 Å². The fraction of sp³-hybridized carbons (Fsp3) is 0.538. The lowest BCUT2D eigenvalue weighted by atomic mass is 9.91. The molecule has 0 spiro atoms. The highest BCUT2D eigenvalue weighted by Crippen LogP contribution is 2.30. The highest BCUT2D eigenvalue weighted by Gasteiger charge is 2.24. The van der Waals surface area contributed by atoms with Crippen molar-refractivity contribution in [1.29, 1.82) is 0 Å². The highest BCUT2D eigenvalue weighted by atomic mass is 16.1. The summed E-state index contributed by atoms with van der Waals surface area (Å²) < 4.78 is 0. The quantitative estimate of drug-likeness (QED) is 0.811. The van der Waals surface area contributed by atoms with Crippen molar-refractivity contribution in [3.8, 4) is 0 Å². The minimum Gasteiger partial charge on any atom is -0.355 e. The molecule has 1 N–H and O–H groups in total. The van der Waals surface area contributed by atoms with E-state index in [0.29, 0.717) is 17.2 Å². The zero-order chi connectivity index (χ0) is 12.4. The van der Waals surface area contributed by atoms with Gasteiger partial charge in [-0.15, -0.1) is 0 Å². The van der Waals surface area contributed by atoms with E-state index in [9.17, 15) is 9.59 Å². The third-order valence-corrected chi connectivity index (χ3v) is 3.73. The first-order valence-electron chi connectivity index (χ1n) is 5.98. The van der Waals surface area contributed by atoms with Gasteiger partial charge in [0, 0.05) is 17.2 Å². The number of rotatable bonds is 3. The first kappa shape index (κ1) is 12.0. The molecule has 0 aliphatic carbocycles. The second-order valence-electron chi connectivity index (χ2n) is 4.80. The van der Waals surface area contributed by atoms with E-state index in [1.165, 1.54) is 0 Å². The van der Waals surface area contributed by atoms with Crippen molar-refractivity contribution in [2.45, 2.75) is 25.7 Å². The van der Waals surface area contributed by atoms with Gasteiger partial charge in [0.05, 0.1) is 5.69 Å². The maximum absolute atomic E-state index is 11.1. The Hall–Kier alpha value is -1.42. The standard InChI is InChI=1S/C13H18N2O2/c1-9-11(7-16)13(14-12(9)8-17)10-3-5-15(2)6-4-10/h7-8,10,14H,3-6H2,1-2H3. The van der Waals surface area contributed by atoms with Gasteiger partial charge in [0.25, 0.3) is 0 Å². The molecule has 0 unspecified atom stereocenters. The van der Waals surface area contributed by atoms with Crippen LogP contribution in [0.1, 0.15) is 50.9 Å². The van der Waals surface area contributed by atoms with Crippen LogP contribution in [0.4, 0.5) is 0 Å². The van der Waals surface area contributed by atoms with Crippen LogP contribution in [0.25, 0.3) is 0 Å². The van der Waals surface area contributed by atoms with E-state index in [-0.39, 0.29) is 0 Å². The number of nitrogens with one attached hydrogen (secondary N) is 1. The summed E-state index contributed by atoms with van der Waals surface area (Å²) in [6.07, 6.45) is 3.73. The summed E-state index contributed by atoms with van der Waals surface area (Å²) in [4.78, 5) is 27.4. The number of carbonyl (C=O) groups excluding carboxylic acids is 2. The number of carbonyl (C=O) groups is 2. The third kappa shape index (κ3) is 2.17. The minimum atomic E-state index is 0.374. The minimum absolute atomic E-state index is 0.374. The van der Waals surface area contributed by atoms with E-state index in [2.05, 4.69) is 16.9 Å². The van der Waals surface area contributed by atoms with Gasteiger partial charge in [0.15, 0.2) is 12.6 Å². The number of aldehydes is 2. The molecule has 0 radical (unpaired) electrons. The van der Waals surface area contributed by atoms with Gasteiger partial charge in [0.1, 0.15) is 0 Å². The van der Waals surface area contributed by atoms with Crippen LogP contribution in [0, 0.1) is 6.92 Å². The van der Waals surface area contributed by atoms with Crippen molar-refractivity contribution in [3.63, 3.8) is 0 Å². The van der Waals surface area contributed by atoms with Gasteiger partial charge in [-0.05, 0) is 45.5 Å². The Labute approximate surface area is 101 Å². The van der Waals surface area contributed by atoms with E-state index in [4.69, 9.17) is 0 Å². The Kier molecular flexibility index (Phi) is 3.43. The topological polar surface area (TPSA) is 53.2 Å². The van der Waals surface area contributed by atoms with Gasteiger partial charge < -0.3 is 9.88 Å². The van der Waals surface area contributed by atoms with E-state index >= 15 is 0 Å². The average molecular weight is 234 g/mol. The molecule has 1 aliphatic heterocycles. The molecule has 0 atom stereocenters. The lowest BCUT2D eigenvalue weighted by molar-refractivity contribution is 0.111. The number of nitrogens with zero attached hydrogens (tertiary/aromatic N) is 1. The fourth-order valence-electron chi connectivity index (χ4n) is 2.54. The molecule has 4 heteroatoms. The summed E-state index contributed by atoms with van der Waals surface area (Å²) in [6, 6.07) is 0. The van der Waals surface area contributed by atoms with E-state index < -0.39 is 0 Å². The van der Waals surface area contributed by atoms with Crippen LogP contribution in [-0.2, 0) is 0 Å². The van der Waals surface area contributed by atoms with Gasteiger partial charge in [-0.1, -0.05) is 0 Å². The van der Waals surface area contributed by atoms with Crippen molar-refractivity contribution < 1.29 is 9.59 Å². The Bertz CT molecular complexity index is 429. The molecule has 1 fully saturated rings. The molecule has 0 aromatic carbocycles. The average Bonchev–Trinajstić information content (AvgIpc) is 2.66. The van der Waals surface area contributed by atoms with Crippen molar-refractivity contribution in [2.24, 2.45) is 0 Å². The summed E-state index contributed by atoms with van der Waals surface area (Å²) in [5.41, 5.74) is 2.96. The fourth-order valence-corrected chi connectivity index (χ4v) is 2.54. The Balaban J connectivity index is 2.31. The Morgan fingerprint density at radius 3 is 2.41 bits per heavy atom. The predicted molar refractivity (Wildman–Crippen MR) is 65.8 cm³/mol. The zero-order valence-electron chi connectivity index (χ0n) is 10.3. The second kappa shape index (κ2) is 4.84. The number of likely N-dealkylation sites (tertiary alicyclic amines) is 1. The van der Waals surface area contributed by atoms with Crippen molar-refractivity contribution in [1.82, 2.24) is 9.88 Å². The molecule has 1 aromatic heterocycles. The molecule has 1 aromatic rings. The lowest BCUT2D eigenvalue weighted by Gasteiger charge is -2.28. The summed E-state index contributed by atoms with van der Waals surface area (Å²) in [7, 11) is 2.10. The van der Waals surface area contributed by atoms with E-state index in [1.807, 2.05) is 6.92 Å². The molecule has 1 saturated heterocycles. The molecule has 2 heterocycles. The maximum atomic E-state index is 11.1. The van der Waals surface area contributed by atoms with Gasteiger partial charge in [-0.2, -0.15) is 0 Å². The van der Waals surface area contributed by atoms with Crippen LogP contribution in [0.15, 0.2) is 0 Å². The highest BCUT2D eigenvalue weighted by molar-refractivity contribution is 5.86. The number of hydrogen-bond acceptors (Lipinski definition) is 3. The summed E-state index contributed by atoms with van der Waals surface area (Å²) in [5.74, 6) is 0.374. The van der Waals surface area contributed by atoms with Gasteiger partial charge in [-0.3, -0.25) is 9.59 Å². The van der Waals surface area contributed by atoms with Gasteiger partial charge in [0.2, 0.25) is 0 Å². The normalized spacial score (nSPS) is 18.2. The Morgan fingerprint density at radius 1 is 1.24 bits per heavy atom. The first-order chi connectivity index (χ1) is 8.17. The van der Waals surface area contributed by atoms with Crippen LogP contribution < -0.4 is 0 Å². The van der Waals surface area contributed by atoms with Crippen molar-refractivity contribution in [3.05, 3.63) is 22.5 Å². The first-order valence-corrected chi connectivity index (χ1v) is 5.98. The molecule has 0 saturated carbocycles. The van der Waals surface area contributed by atoms with E-state index in [0.717, 1.165) is 49.8 Å². The van der Waals surface area contributed by atoms with Crippen LogP contribution in [0.2, 0.25) is 0 Å². The van der Waals surface area contributed by atoms with Crippen molar-refractivity contribution >= 4 is 12.6 Å². The molecular weight excluding hydrogens is 216 g/mol. The smallest absolute Gasteiger partial charge is 0.166 e.